The third-order valence-electron chi connectivity index (χ3n) is 5.67. The number of anilines is 1. The quantitative estimate of drug-likeness (QED) is 0.455. The van der Waals surface area contributed by atoms with Gasteiger partial charge < -0.3 is 5.32 Å². The van der Waals surface area contributed by atoms with E-state index in [1.807, 2.05) is 0 Å². The van der Waals surface area contributed by atoms with E-state index in [0.717, 1.165) is 30.2 Å². The maximum absolute atomic E-state index is 5.06. The van der Waals surface area contributed by atoms with Crippen molar-refractivity contribution in [3.8, 4) is 28.1 Å². The van der Waals surface area contributed by atoms with Crippen LogP contribution in [0.25, 0.3) is 28.1 Å². The summed E-state index contributed by atoms with van der Waals surface area (Å²) in [4.78, 5) is 0. The molecule has 3 aromatic carbocycles. The van der Waals surface area contributed by atoms with Crippen molar-refractivity contribution in [1.82, 2.24) is 9.78 Å². The van der Waals surface area contributed by atoms with Crippen LogP contribution >= 0.6 is 0 Å². The highest BCUT2D eigenvalue weighted by atomic mass is 15.3. The lowest BCUT2D eigenvalue weighted by Gasteiger charge is -2.09. The van der Waals surface area contributed by atoms with Crippen LogP contribution in [0.4, 0.5) is 5.82 Å². The Labute approximate surface area is 172 Å². The number of fused-ring (bicyclic) bond motifs is 1. The Balaban J connectivity index is 1.59. The molecule has 4 aromatic rings. The fourth-order valence-electron chi connectivity index (χ4n) is 4.06. The van der Waals surface area contributed by atoms with Gasteiger partial charge in [-0.1, -0.05) is 72.3 Å². The Kier molecular flexibility index (Phi) is 4.65. The molecule has 0 saturated carbocycles. The van der Waals surface area contributed by atoms with Crippen molar-refractivity contribution in [2.45, 2.75) is 26.2 Å². The van der Waals surface area contributed by atoms with Crippen molar-refractivity contribution >= 4 is 5.82 Å². The molecule has 0 amide bonds. The first-order valence-electron chi connectivity index (χ1n) is 10.4. The molecule has 1 aromatic heterocycles. The summed E-state index contributed by atoms with van der Waals surface area (Å²) in [5.74, 6) is 1.15. The van der Waals surface area contributed by atoms with Crippen LogP contribution in [0.1, 0.15) is 24.0 Å². The Morgan fingerprint density at radius 1 is 0.759 bits per heavy atom. The van der Waals surface area contributed by atoms with Crippen molar-refractivity contribution < 1.29 is 0 Å². The predicted octanol–water partition coefficient (Wildman–Crippen LogP) is 6.26. The largest absolute Gasteiger partial charge is 0.370 e. The lowest BCUT2D eigenvalue weighted by molar-refractivity contribution is 0.780. The van der Waals surface area contributed by atoms with Crippen molar-refractivity contribution in [3.05, 3.63) is 90.0 Å². The molecule has 29 heavy (non-hydrogen) atoms. The fraction of sp³-hybridized carbons (Fsp3) is 0.192. The minimum atomic E-state index is 0.997. The van der Waals surface area contributed by atoms with Crippen LogP contribution in [0.2, 0.25) is 0 Å². The maximum Gasteiger partial charge on any atom is 0.133 e. The van der Waals surface area contributed by atoms with Crippen LogP contribution in [0.3, 0.4) is 0 Å². The summed E-state index contributed by atoms with van der Waals surface area (Å²) in [6.45, 7) is 3.11. The van der Waals surface area contributed by atoms with E-state index in [1.54, 1.807) is 0 Å². The zero-order valence-electron chi connectivity index (χ0n) is 16.7. The molecule has 0 radical (unpaired) electrons. The average molecular weight is 380 g/mol. The first-order valence-corrected chi connectivity index (χ1v) is 10.4. The van der Waals surface area contributed by atoms with Gasteiger partial charge in [0.1, 0.15) is 5.82 Å². The maximum atomic E-state index is 5.06. The molecule has 1 aliphatic heterocycles. The number of rotatable bonds is 3. The summed E-state index contributed by atoms with van der Waals surface area (Å²) in [5, 5.41) is 8.69. The van der Waals surface area contributed by atoms with Gasteiger partial charge in [0, 0.05) is 17.7 Å². The van der Waals surface area contributed by atoms with Crippen LogP contribution in [-0.4, -0.2) is 16.3 Å². The van der Waals surface area contributed by atoms with Gasteiger partial charge in [-0.15, -0.1) is 0 Å². The highest BCUT2D eigenvalue weighted by Gasteiger charge is 2.21. The van der Waals surface area contributed by atoms with Crippen molar-refractivity contribution in [2.24, 2.45) is 0 Å². The highest BCUT2D eigenvalue weighted by Crippen LogP contribution is 2.34. The first kappa shape index (κ1) is 17.7. The molecule has 0 atom stereocenters. The van der Waals surface area contributed by atoms with Crippen LogP contribution in [0, 0.1) is 6.92 Å². The molecule has 3 nitrogen and oxygen atoms in total. The third-order valence-corrected chi connectivity index (χ3v) is 5.67. The summed E-state index contributed by atoms with van der Waals surface area (Å²) in [6.07, 6.45) is 3.44. The zero-order valence-corrected chi connectivity index (χ0v) is 16.7. The van der Waals surface area contributed by atoms with E-state index in [9.17, 15) is 0 Å². The standard InChI is InChI=1S/C26H25N3/c1-19-10-16-23(17-11-19)29-26-24(9-5-6-18-27-26)25(28-29)22-14-12-21(13-15-22)20-7-3-2-4-8-20/h2-4,7-8,10-17,27H,5-6,9,18H2,1H3. The molecule has 0 unspecified atom stereocenters. The van der Waals surface area contributed by atoms with Gasteiger partial charge in [-0.05, 0) is 49.4 Å². The van der Waals surface area contributed by atoms with E-state index >= 15 is 0 Å². The Morgan fingerprint density at radius 3 is 2.21 bits per heavy atom. The zero-order chi connectivity index (χ0) is 19.6. The second-order valence-electron chi connectivity index (χ2n) is 7.75. The molecule has 0 fully saturated rings. The molecule has 1 N–H and O–H groups in total. The van der Waals surface area contributed by atoms with Gasteiger partial charge in [-0.2, -0.15) is 5.10 Å². The monoisotopic (exact) mass is 379 g/mol. The van der Waals surface area contributed by atoms with Crippen LogP contribution in [0.15, 0.2) is 78.9 Å². The Hall–Kier alpha value is -3.33. The molecule has 5 rings (SSSR count). The SMILES string of the molecule is Cc1ccc(-n2nc(-c3ccc(-c4ccccc4)cc3)c3c2NCCCC3)cc1. The van der Waals surface area contributed by atoms with Gasteiger partial charge in [0.25, 0.3) is 0 Å². The van der Waals surface area contributed by atoms with Gasteiger partial charge in [0.2, 0.25) is 0 Å². The number of nitrogens with zero attached hydrogens (tertiary/aromatic N) is 2. The predicted molar refractivity (Wildman–Crippen MR) is 121 cm³/mol. The molecule has 3 heteroatoms. The highest BCUT2D eigenvalue weighted by molar-refractivity contribution is 5.74. The van der Waals surface area contributed by atoms with Crippen molar-refractivity contribution in [3.63, 3.8) is 0 Å². The topological polar surface area (TPSA) is 29.9 Å². The molecule has 144 valence electrons. The Morgan fingerprint density at radius 2 is 1.45 bits per heavy atom. The smallest absolute Gasteiger partial charge is 0.133 e. The van der Waals surface area contributed by atoms with Crippen LogP contribution < -0.4 is 5.32 Å². The molecular formula is C26H25N3. The number of nitrogens with one attached hydrogen (secondary N) is 1. The van der Waals surface area contributed by atoms with E-state index in [2.05, 4.69) is 95.8 Å². The van der Waals surface area contributed by atoms with E-state index in [0.29, 0.717) is 0 Å². The second kappa shape index (κ2) is 7.59. The number of benzene rings is 3. The van der Waals surface area contributed by atoms with Gasteiger partial charge in [-0.25, -0.2) is 4.68 Å². The molecule has 0 aliphatic carbocycles. The normalized spacial score (nSPS) is 13.4. The van der Waals surface area contributed by atoms with Crippen LogP contribution in [0.5, 0.6) is 0 Å². The van der Waals surface area contributed by atoms with Gasteiger partial charge in [0.05, 0.1) is 11.4 Å². The van der Waals surface area contributed by atoms with Gasteiger partial charge in [-0.3, -0.25) is 0 Å². The number of aromatic nitrogens is 2. The fourth-order valence-corrected chi connectivity index (χ4v) is 4.06. The molecule has 0 bridgehead atoms. The minimum Gasteiger partial charge on any atom is -0.370 e. The van der Waals surface area contributed by atoms with E-state index in [1.165, 1.54) is 40.7 Å². The van der Waals surface area contributed by atoms with Gasteiger partial charge >= 0.3 is 0 Å². The first-order chi connectivity index (χ1) is 14.3. The van der Waals surface area contributed by atoms with Crippen molar-refractivity contribution in [2.75, 3.05) is 11.9 Å². The van der Waals surface area contributed by atoms with E-state index in [-0.39, 0.29) is 0 Å². The summed E-state index contributed by atoms with van der Waals surface area (Å²) in [5.41, 5.74) is 8.44. The summed E-state index contributed by atoms with van der Waals surface area (Å²) < 4.78 is 2.08. The minimum absolute atomic E-state index is 0.997. The molecule has 2 heterocycles. The lowest BCUT2D eigenvalue weighted by Crippen LogP contribution is -2.07. The number of aryl methyl sites for hydroxylation is 1. The van der Waals surface area contributed by atoms with Crippen molar-refractivity contribution in [1.29, 1.82) is 0 Å². The summed E-state index contributed by atoms with van der Waals surface area (Å²) in [7, 11) is 0. The van der Waals surface area contributed by atoms with Gasteiger partial charge in [0.15, 0.2) is 0 Å². The van der Waals surface area contributed by atoms with E-state index < -0.39 is 0 Å². The lowest BCUT2D eigenvalue weighted by atomic mass is 10.00. The average Bonchev–Trinajstić information content (AvgIpc) is 2.96. The van der Waals surface area contributed by atoms with Crippen LogP contribution in [-0.2, 0) is 6.42 Å². The number of hydrogen-bond acceptors (Lipinski definition) is 2. The molecule has 1 aliphatic rings. The van der Waals surface area contributed by atoms with E-state index in [4.69, 9.17) is 5.10 Å². The molecular weight excluding hydrogens is 354 g/mol. The third kappa shape index (κ3) is 3.44. The number of hydrogen-bond donors (Lipinski definition) is 1. The Bertz CT molecular complexity index is 1110. The summed E-state index contributed by atoms with van der Waals surface area (Å²) in [6, 6.07) is 27.9. The summed E-state index contributed by atoms with van der Waals surface area (Å²) >= 11 is 0. The molecule has 0 spiro atoms. The second-order valence-corrected chi connectivity index (χ2v) is 7.75. The molecule has 0 saturated heterocycles.